The molecule has 0 saturated carbocycles. The molecule has 40 heavy (non-hydrogen) atoms. The Kier molecular flexibility index (Phi) is 7.88. The number of amides is 1. The molecule has 10 heteroatoms. The molecule has 2 N–H and O–H groups in total. The first-order chi connectivity index (χ1) is 19.4. The summed E-state index contributed by atoms with van der Waals surface area (Å²) < 4.78 is 20.9. The van der Waals surface area contributed by atoms with E-state index in [9.17, 15) is 14.0 Å². The zero-order valence-corrected chi connectivity index (χ0v) is 22.0. The number of benzene rings is 2. The second kappa shape index (κ2) is 11.8. The molecule has 0 spiro atoms. The molecule has 0 atom stereocenters. The highest BCUT2D eigenvalue weighted by molar-refractivity contribution is 5.98. The van der Waals surface area contributed by atoms with Crippen LogP contribution < -0.4 is 10.6 Å². The van der Waals surface area contributed by atoms with Crippen LogP contribution in [0.15, 0.2) is 79.1 Å². The molecule has 1 amide bonds. The molecule has 0 fully saturated rings. The Morgan fingerprint density at radius 3 is 2.70 bits per heavy atom. The fourth-order valence-corrected chi connectivity index (χ4v) is 4.35. The number of aromatic nitrogens is 4. The number of aryl methyl sites for hydroxylation is 1. The first-order valence-corrected chi connectivity index (χ1v) is 12.7. The Balaban J connectivity index is 1.44. The van der Waals surface area contributed by atoms with Gasteiger partial charge in [-0.15, -0.1) is 0 Å². The molecule has 0 saturated heterocycles. The van der Waals surface area contributed by atoms with Crippen LogP contribution in [0.5, 0.6) is 0 Å². The number of carbonyl (C=O) groups excluding carboxylic acids is 2. The molecule has 0 unspecified atom stereocenters. The fourth-order valence-electron chi connectivity index (χ4n) is 4.35. The van der Waals surface area contributed by atoms with Gasteiger partial charge in [0.15, 0.2) is 0 Å². The number of fused-ring (bicyclic) bond motifs is 1. The number of nitrogens with one attached hydrogen (secondary N) is 2. The molecule has 0 aliphatic carbocycles. The van der Waals surface area contributed by atoms with Gasteiger partial charge in [0.05, 0.1) is 16.8 Å². The fraction of sp³-hybridized carbons (Fsp3) is 0.167. The molecule has 9 nitrogen and oxygen atoms in total. The normalized spacial score (nSPS) is 11.0. The lowest BCUT2D eigenvalue weighted by Crippen LogP contribution is -2.20. The summed E-state index contributed by atoms with van der Waals surface area (Å²) in [4.78, 5) is 34.4. The van der Waals surface area contributed by atoms with Gasteiger partial charge >= 0.3 is 5.97 Å². The van der Waals surface area contributed by atoms with Crippen molar-refractivity contribution in [3.63, 3.8) is 0 Å². The molecule has 202 valence electrons. The number of rotatable bonds is 9. The van der Waals surface area contributed by atoms with Gasteiger partial charge in [-0.1, -0.05) is 24.3 Å². The monoisotopic (exact) mass is 538 g/mol. The van der Waals surface area contributed by atoms with Crippen LogP contribution in [-0.2, 0) is 16.1 Å². The summed E-state index contributed by atoms with van der Waals surface area (Å²) >= 11 is 0. The molecular weight excluding hydrogens is 511 g/mol. The maximum absolute atomic E-state index is 14.2. The number of carbonyl (C=O) groups is 2. The van der Waals surface area contributed by atoms with E-state index < -0.39 is 17.7 Å². The summed E-state index contributed by atoms with van der Waals surface area (Å²) in [6, 6.07) is 19.0. The van der Waals surface area contributed by atoms with Crippen molar-refractivity contribution in [3.05, 3.63) is 96.2 Å². The van der Waals surface area contributed by atoms with Gasteiger partial charge < -0.3 is 15.4 Å². The number of hydrogen-bond donors (Lipinski definition) is 2. The Bertz CT molecular complexity index is 1700. The van der Waals surface area contributed by atoms with Gasteiger partial charge in [-0.2, -0.15) is 5.10 Å². The topological polar surface area (TPSA) is 111 Å². The second-order valence-electron chi connectivity index (χ2n) is 9.15. The molecule has 0 bridgehead atoms. The van der Waals surface area contributed by atoms with Crippen molar-refractivity contribution in [2.45, 2.75) is 13.5 Å². The summed E-state index contributed by atoms with van der Waals surface area (Å²) in [6.07, 6.45) is 3.53. The smallest absolute Gasteiger partial charge is 0.338 e. The van der Waals surface area contributed by atoms with Crippen LogP contribution in [0.4, 0.5) is 10.1 Å². The maximum Gasteiger partial charge on any atom is 0.338 e. The molecule has 5 rings (SSSR count). The number of para-hydroxylation sites is 1. The van der Waals surface area contributed by atoms with E-state index in [1.165, 1.54) is 10.7 Å². The van der Waals surface area contributed by atoms with Gasteiger partial charge in [0.25, 0.3) is 0 Å². The quantitative estimate of drug-likeness (QED) is 0.208. The summed E-state index contributed by atoms with van der Waals surface area (Å²) in [7, 11) is 1.73. The SMILES string of the molecule is CNCCOC(=O)c1cc(F)cc(NC(=O)Cn2cc(-c3ccnc4ccccc34)c(-c3cccc(C)n3)n2)c1. The molecule has 2 aromatic carbocycles. The van der Waals surface area contributed by atoms with E-state index in [1.807, 2.05) is 55.5 Å². The zero-order chi connectivity index (χ0) is 28.1. The van der Waals surface area contributed by atoms with Crippen molar-refractivity contribution in [1.82, 2.24) is 25.1 Å². The molecule has 3 aromatic heterocycles. The van der Waals surface area contributed by atoms with E-state index in [0.29, 0.717) is 17.9 Å². The van der Waals surface area contributed by atoms with Crippen LogP contribution >= 0.6 is 0 Å². The minimum atomic E-state index is -0.679. The van der Waals surface area contributed by atoms with E-state index in [2.05, 4.69) is 20.6 Å². The summed E-state index contributed by atoms with van der Waals surface area (Å²) in [5.41, 5.74) is 4.79. The number of hydrogen-bond acceptors (Lipinski definition) is 7. The van der Waals surface area contributed by atoms with E-state index in [0.717, 1.165) is 39.9 Å². The molecular formula is C30H27FN6O3. The van der Waals surface area contributed by atoms with E-state index in [-0.39, 0.29) is 24.4 Å². The molecule has 0 aliphatic rings. The highest BCUT2D eigenvalue weighted by Crippen LogP contribution is 2.34. The Morgan fingerprint density at radius 2 is 1.88 bits per heavy atom. The lowest BCUT2D eigenvalue weighted by Gasteiger charge is -2.09. The summed E-state index contributed by atoms with van der Waals surface area (Å²) in [5.74, 6) is -1.79. The number of nitrogens with zero attached hydrogens (tertiary/aromatic N) is 4. The summed E-state index contributed by atoms with van der Waals surface area (Å²) in [6.45, 7) is 2.35. The largest absolute Gasteiger partial charge is 0.461 e. The Morgan fingerprint density at radius 1 is 1.02 bits per heavy atom. The van der Waals surface area contributed by atoms with Gasteiger partial charge in [-0.25, -0.2) is 9.18 Å². The number of esters is 1. The van der Waals surface area contributed by atoms with Crippen molar-refractivity contribution in [3.8, 4) is 22.5 Å². The number of anilines is 1. The van der Waals surface area contributed by atoms with E-state index >= 15 is 0 Å². The van der Waals surface area contributed by atoms with Crippen LogP contribution in [0.1, 0.15) is 16.1 Å². The minimum Gasteiger partial charge on any atom is -0.461 e. The Labute approximate surface area is 230 Å². The average Bonchev–Trinajstić information content (AvgIpc) is 3.35. The molecule has 0 radical (unpaired) electrons. The molecule has 0 aliphatic heterocycles. The van der Waals surface area contributed by atoms with Crippen LogP contribution in [0.3, 0.4) is 0 Å². The highest BCUT2D eigenvalue weighted by Gasteiger charge is 2.19. The van der Waals surface area contributed by atoms with E-state index in [1.54, 1.807) is 19.4 Å². The number of likely N-dealkylation sites (N-methyl/N-ethyl adjacent to an activating group) is 1. The van der Waals surface area contributed by atoms with Crippen molar-refractivity contribution >= 4 is 28.5 Å². The van der Waals surface area contributed by atoms with Crippen molar-refractivity contribution in [2.75, 3.05) is 25.5 Å². The predicted molar refractivity (Wildman–Crippen MR) is 150 cm³/mol. The first kappa shape index (κ1) is 26.6. The van der Waals surface area contributed by atoms with Crippen LogP contribution in [0, 0.1) is 12.7 Å². The van der Waals surface area contributed by atoms with Gasteiger partial charge in [0.2, 0.25) is 5.91 Å². The van der Waals surface area contributed by atoms with Crippen molar-refractivity contribution in [2.24, 2.45) is 0 Å². The van der Waals surface area contributed by atoms with Gasteiger partial charge in [0, 0.05) is 41.3 Å². The van der Waals surface area contributed by atoms with Crippen molar-refractivity contribution < 1.29 is 18.7 Å². The second-order valence-corrected chi connectivity index (χ2v) is 9.15. The lowest BCUT2D eigenvalue weighted by molar-refractivity contribution is -0.116. The van der Waals surface area contributed by atoms with Gasteiger partial charge in [-0.05, 0) is 62.0 Å². The minimum absolute atomic E-state index is 0.00477. The molecule has 5 aromatic rings. The van der Waals surface area contributed by atoms with Gasteiger partial charge in [0.1, 0.15) is 24.7 Å². The third-order valence-corrected chi connectivity index (χ3v) is 6.14. The summed E-state index contributed by atoms with van der Waals surface area (Å²) in [5, 5.41) is 11.2. The van der Waals surface area contributed by atoms with Crippen LogP contribution in [0.2, 0.25) is 0 Å². The zero-order valence-electron chi connectivity index (χ0n) is 22.0. The highest BCUT2D eigenvalue weighted by atomic mass is 19.1. The maximum atomic E-state index is 14.2. The van der Waals surface area contributed by atoms with Gasteiger partial charge in [-0.3, -0.25) is 19.4 Å². The van der Waals surface area contributed by atoms with Crippen LogP contribution in [0.25, 0.3) is 33.4 Å². The van der Waals surface area contributed by atoms with E-state index in [4.69, 9.17) is 9.84 Å². The Hall–Kier alpha value is -4.96. The molecule has 3 heterocycles. The number of pyridine rings is 2. The first-order valence-electron chi connectivity index (χ1n) is 12.7. The number of ether oxygens (including phenoxy) is 1. The standard InChI is InChI=1S/C30H27FN6O3/c1-19-6-5-9-27(34-19)29-25(23-10-11-33-26-8-4-3-7-24(23)26)17-37(36-29)18-28(38)35-22-15-20(14-21(31)16-22)30(39)40-13-12-32-2/h3-11,14-17,32H,12-13,18H2,1-2H3,(H,35,38). The van der Waals surface area contributed by atoms with Crippen molar-refractivity contribution in [1.29, 1.82) is 0 Å². The lowest BCUT2D eigenvalue weighted by atomic mass is 10.0. The van der Waals surface area contributed by atoms with Crippen LogP contribution in [-0.4, -0.2) is 51.8 Å². The number of halogens is 1. The predicted octanol–water partition coefficient (Wildman–Crippen LogP) is 4.62. The average molecular weight is 539 g/mol. The third kappa shape index (κ3) is 6.02. The third-order valence-electron chi connectivity index (χ3n) is 6.14.